The molecule has 5 heteroatoms. The van der Waals surface area contributed by atoms with E-state index in [0.717, 1.165) is 12.6 Å². The van der Waals surface area contributed by atoms with E-state index in [0.29, 0.717) is 23.7 Å². The third-order valence-corrected chi connectivity index (χ3v) is 3.89. The zero-order chi connectivity index (χ0) is 15.8. The molecule has 1 aromatic carbocycles. The van der Waals surface area contributed by atoms with Crippen molar-refractivity contribution in [2.45, 2.75) is 19.3 Å². The molecule has 0 unspecified atom stereocenters. The van der Waals surface area contributed by atoms with E-state index in [2.05, 4.69) is 0 Å². The molecule has 120 valence electrons. The van der Waals surface area contributed by atoms with Gasteiger partial charge in [0.25, 0.3) is 0 Å². The number of carbonyl (C=O) groups excluding carboxylic acids is 1. The summed E-state index contributed by atoms with van der Waals surface area (Å²) in [6.07, 6.45) is 6.39. The second-order valence-electron chi connectivity index (χ2n) is 5.47. The second kappa shape index (κ2) is 8.44. The number of ether oxygens (including phenoxy) is 2. The Morgan fingerprint density at radius 2 is 2.09 bits per heavy atom. The van der Waals surface area contributed by atoms with Crippen LogP contribution in [0.4, 0.5) is 0 Å². The molecule has 1 heterocycles. The number of quaternary nitrogens is 1. The minimum Gasteiger partial charge on any atom is -0.545 e. The molecular weight excluding hydrogens is 282 g/mol. The first kappa shape index (κ1) is 16.4. The quantitative estimate of drug-likeness (QED) is 0.715. The minimum atomic E-state index is -1.22. The minimum absolute atomic E-state index is 0.606. The number of hydrogen-bond donors (Lipinski definition) is 1. The summed E-state index contributed by atoms with van der Waals surface area (Å²) in [5.41, 5.74) is 0.707. The highest BCUT2D eigenvalue weighted by molar-refractivity contribution is 5.84. The Bertz CT molecular complexity index is 521. The van der Waals surface area contributed by atoms with Crippen molar-refractivity contribution < 1.29 is 24.3 Å². The zero-order valence-corrected chi connectivity index (χ0v) is 13.0. The molecule has 0 radical (unpaired) electrons. The first-order chi connectivity index (χ1) is 10.7. The third kappa shape index (κ3) is 5.07. The largest absolute Gasteiger partial charge is 0.545 e. The van der Waals surface area contributed by atoms with Gasteiger partial charge in [-0.2, -0.15) is 0 Å². The number of benzene rings is 1. The van der Waals surface area contributed by atoms with Crippen molar-refractivity contribution in [1.29, 1.82) is 0 Å². The number of hydrogen-bond acceptors (Lipinski definition) is 4. The number of carbonyl (C=O) groups is 1. The average molecular weight is 305 g/mol. The van der Waals surface area contributed by atoms with Crippen LogP contribution in [0.2, 0.25) is 0 Å². The van der Waals surface area contributed by atoms with Crippen LogP contribution in [0, 0.1) is 0 Å². The molecule has 0 bridgehead atoms. The molecular formula is C17H23NO4. The van der Waals surface area contributed by atoms with Crippen LogP contribution in [0.1, 0.15) is 24.8 Å². The number of rotatable bonds is 7. The summed E-state index contributed by atoms with van der Waals surface area (Å²) in [4.78, 5) is 12.1. The lowest BCUT2D eigenvalue weighted by atomic mass is 10.1. The maximum absolute atomic E-state index is 10.6. The maximum atomic E-state index is 10.6. The Morgan fingerprint density at radius 3 is 2.77 bits per heavy atom. The number of aliphatic carboxylic acids is 1. The van der Waals surface area contributed by atoms with E-state index < -0.39 is 5.97 Å². The van der Waals surface area contributed by atoms with E-state index in [1.54, 1.807) is 30.2 Å². The molecule has 1 saturated heterocycles. The Kier molecular flexibility index (Phi) is 6.27. The lowest BCUT2D eigenvalue weighted by Crippen LogP contribution is -3.13. The van der Waals surface area contributed by atoms with Crippen LogP contribution < -0.4 is 19.5 Å². The Balaban J connectivity index is 1.98. The van der Waals surface area contributed by atoms with Crippen molar-refractivity contribution >= 4 is 12.0 Å². The molecule has 1 N–H and O–H groups in total. The van der Waals surface area contributed by atoms with E-state index in [4.69, 9.17) is 9.47 Å². The van der Waals surface area contributed by atoms with Crippen LogP contribution in [0.3, 0.4) is 0 Å². The van der Waals surface area contributed by atoms with Crippen LogP contribution in [0.5, 0.6) is 11.5 Å². The topological polar surface area (TPSA) is 63.0 Å². The molecule has 2 rings (SSSR count). The molecule has 1 aromatic rings. The highest BCUT2D eigenvalue weighted by Crippen LogP contribution is 2.25. The van der Waals surface area contributed by atoms with Crippen LogP contribution in [-0.2, 0) is 4.79 Å². The SMILES string of the molecule is COc1ccc(/C=C\C(=O)[O-])c(OCC[NH+]2CCCCC2)c1. The van der Waals surface area contributed by atoms with Gasteiger partial charge in [-0.15, -0.1) is 0 Å². The predicted octanol–water partition coefficient (Wildman–Crippen LogP) is -0.0941. The van der Waals surface area contributed by atoms with Gasteiger partial charge in [0.2, 0.25) is 0 Å². The van der Waals surface area contributed by atoms with E-state index in [-0.39, 0.29) is 0 Å². The number of likely N-dealkylation sites (tertiary alicyclic amines) is 1. The van der Waals surface area contributed by atoms with Gasteiger partial charge in [0.05, 0.1) is 26.2 Å². The molecule has 0 aromatic heterocycles. The van der Waals surface area contributed by atoms with Gasteiger partial charge >= 0.3 is 0 Å². The van der Waals surface area contributed by atoms with E-state index in [1.165, 1.54) is 38.4 Å². The van der Waals surface area contributed by atoms with Gasteiger partial charge in [-0.3, -0.25) is 0 Å². The van der Waals surface area contributed by atoms with Crippen molar-refractivity contribution in [2.24, 2.45) is 0 Å². The molecule has 1 aliphatic rings. The van der Waals surface area contributed by atoms with Gasteiger partial charge in [-0.25, -0.2) is 0 Å². The predicted molar refractivity (Wildman–Crippen MR) is 81.9 cm³/mol. The van der Waals surface area contributed by atoms with Gasteiger partial charge < -0.3 is 24.3 Å². The van der Waals surface area contributed by atoms with E-state index in [9.17, 15) is 9.90 Å². The molecule has 0 amide bonds. The fourth-order valence-electron chi connectivity index (χ4n) is 2.67. The van der Waals surface area contributed by atoms with Crippen LogP contribution in [0.15, 0.2) is 24.3 Å². The summed E-state index contributed by atoms with van der Waals surface area (Å²) < 4.78 is 11.0. The summed E-state index contributed by atoms with van der Waals surface area (Å²) in [5.74, 6) is 0.0960. The molecule has 1 aliphatic heterocycles. The Labute approximate surface area is 131 Å². The fraction of sp³-hybridized carbons (Fsp3) is 0.471. The number of piperidine rings is 1. The lowest BCUT2D eigenvalue weighted by Gasteiger charge is -2.23. The van der Waals surface area contributed by atoms with Crippen molar-refractivity contribution in [3.63, 3.8) is 0 Å². The standard InChI is InChI=1S/C17H23NO4/c1-21-15-7-5-14(6-8-17(19)20)16(13-15)22-12-11-18-9-3-2-4-10-18/h5-8,13H,2-4,9-12H2,1H3,(H,19,20)/b8-6-. The molecule has 0 saturated carbocycles. The molecule has 0 atom stereocenters. The average Bonchev–Trinajstić information content (AvgIpc) is 2.54. The number of methoxy groups -OCH3 is 1. The van der Waals surface area contributed by atoms with Crippen molar-refractivity contribution in [3.05, 3.63) is 29.8 Å². The van der Waals surface area contributed by atoms with Crippen LogP contribution in [0.25, 0.3) is 6.08 Å². The summed E-state index contributed by atoms with van der Waals surface area (Å²) >= 11 is 0. The van der Waals surface area contributed by atoms with Crippen molar-refractivity contribution in [1.82, 2.24) is 0 Å². The van der Waals surface area contributed by atoms with Gasteiger partial charge in [0.15, 0.2) is 0 Å². The van der Waals surface area contributed by atoms with Crippen LogP contribution in [-0.4, -0.2) is 39.3 Å². The van der Waals surface area contributed by atoms with Gasteiger partial charge in [-0.05, 0) is 43.5 Å². The summed E-state index contributed by atoms with van der Waals surface area (Å²) in [6.45, 7) is 3.98. The molecule has 22 heavy (non-hydrogen) atoms. The Morgan fingerprint density at radius 1 is 1.32 bits per heavy atom. The lowest BCUT2D eigenvalue weighted by molar-refractivity contribution is -0.904. The molecule has 5 nitrogen and oxygen atoms in total. The van der Waals surface area contributed by atoms with Crippen LogP contribution >= 0.6 is 0 Å². The number of nitrogens with one attached hydrogen (secondary N) is 1. The highest BCUT2D eigenvalue weighted by atomic mass is 16.5. The zero-order valence-electron chi connectivity index (χ0n) is 13.0. The van der Waals surface area contributed by atoms with E-state index >= 15 is 0 Å². The second-order valence-corrected chi connectivity index (χ2v) is 5.47. The van der Waals surface area contributed by atoms with Crippen molar-refractivity contribution in [3.8, 4) is 11.5 Å². The summed E-state index contributed by atoms with van der Waals surface area (Å²) in [5, 5.41) is 10.6. The summed E-state index contributed by atoms with van der Waals surface area (Å²) in [7, 11) is 1.59. The monoisotopic (exact) mass is 305 g/mol. The molecule has 1 fully saturated rings. The van der Waals surface area contributed by atoms with E-state index in [1.807, 2.05) is 0 Å². The highest BCUT2D eigenvalue weighted by Gasteiger charge is 2.13. The van der Waals surface area contributed by atoms with Gasteiger partial charge in [0, 0.05) is 11.6 Å². The normalized spacial score (nSPS) is 15.9. The van der Waals surface area contributed by atoms with Gasteiger partial charge in [-0.1, -0.05) is 0 Å². The smallest absolute Gasteiger partial charge is 0.137 e. The first-order valence-corrected chi connectivity index (χ1v) is 7.72. The maximum Gasteiger partial charge on any atom is 0.137 e. The molecule has 0 spiro atoms. The molecule has 0 aliphatic carbocycles. The first-order valence-electron chi connectivity index (χ1n) is 7.72. The number of carboxylic acids is 1. The fourth-order valence-corrected chi connectivity index (χ4v) is 2.67. The van der Waals surface area contributed by atoms with Crippen molar-refractivity contribution in [2.75, 3.05) is 33.4 Å². The Hall–Kier alpha value is -2.01. The summed E-state index contributed by atoms with van der Waals surface area (Å²) in [6, 6.07) is 5.33. The third-order valence-electron chi connectivity index (χ3n) is 3.89. The number of carboxylic acid groups (broad SMARTS) is 1. The van der Waals surface area contributed by atoms with Gasteiger partial charge in [0.1, 0.15) is 24.7 Å².